The second kappa shape index (κ2) is 14.1. The first-order valence-corrected chi connectivity index (χ1v) is 16.9. The van der Waals surface area contributed by atoms with Crippen molar-refractivity contribution in [3.05, 3.63) is 54.7 Å². The van der Waals surface area contributed by atoms with E-state index in [0.717, 1.165) is 24.0 Å². The predicted octanol–water partition coefficient (Wildman–Crippen LogP) is 6.40. The van der Waals surface area contributed by atoms with Crippen molar-refractivity contribution in [3.63, 3.8) is 0 Å². The number of nitrogens with zero attached hydrogens (tertiary/aromatic N) is 3. The zero-order valence-corrected chi connectivity index (χ0v) is 28.7. The molecule has 2 fully saturated rings. The Bertz CT molecular complexity index is 1500. The van der Waals surface area contributed by atoms with E-state index in [2.05, 4.69) is 15.6 Å². The number of hydrogen-bond acceptors (Lipinski definition) is 6. The first-order valence-electron chi connectivity index (χ1n) is 15.9. The largest absolute Gasteiger partial charge is 0.436 e. The number of hydrogen-bond donors (Lipinski definition) is 2. The molecule has 2 saturated heterocycles. The van der Waals surface area contributed by atoms with E-state index in [4.69, 9.17) is 27.6 Å². The first-order chi connectivity index (χ1) is 22.3. The lowest BCUT2D eigenvalue weighted by molar-refractivity contribution is -0.143. The van der Waals surface area contributed by atoms with Crippen LogP contribution in [0.2, 0.25) is 0 Å². The number of amides is 4. The van der Waals surface area contributed by atoms with Crippen LogP contribution in [0.25, 0.3) is 22.8 Å². The molecular formula is C35H41Cl2N5O5. The van der Waals surface area contributed by atoms with E-state index in [-0.39, 0.29) is 35.4 Å². The minimum Gasteiger partial charge on any atom is -0.436 e. The van der Waals surface area contributed by atoms with Crippen LogP contribution >= 0.6 is 23.2 Å². The number of carbonyl (C=O) groups is 4. The van der Waals surface area contributed by atoms with E-state index < -0.39 is 22.9 Å². The molecule has 12 heteroatoms. The van der Waals surface area contributed by atoms with Gasteiger partial charge < -0.3 is 24.9 Å². The molecule has 2 unspecified atom stereocenters. The van der Waals surface area contributed by atoms with Gasteiger partial charge in [-0.1, -0.05) is 0 Å². The number of oxazole rings is 1. The summed E-state index contributed by atoms with van der Waals surface area (Å²) in [6.07, 6.45) is 4.37. The van der Waals surface area contributed by atoms with E-state index in [0.29, 0.717) is 49.0 Å². The highest BCUT2D eigenvalue weighted by Gasteiger charge is 2.41. The number of nitrogens with one attached hydrogen (secondary N) is 2. The fourth-order valence-corrected chi connectivity index (χ4v) is 6.09. The second-order valence-electron chi connectivity index (χ2n) is 13.5. The predicted molar refractivity (Wildman–Crippen MR) is 183 cm³/mol. The molecule has 47 heavy (non-hydrogen) atoms. The summed E-state index contributed by atoms with van der Waals surface area (Å²) in [7, 11) is 0. The minimum atomic E-state index is -0.735. The molecule has 3 aromatic rings. The summed E-state index contributed by atoms with van der Waals surface area (Å²) in [6.45, 7) is 8.24. The maximum atomic E-state index is 13.1. The molecule has 0 aliphatic carbocycles. The molecule has 2 aliphatic heterocycles. The van der Waals surface area contributed by atoms with E-state index in [1.165, 1.54) is 0 Å². The lowest BCUT2D eigenvalue weighted by atomic mass is 9.94. The zero-order chi connectivity index (χ0) is 33.9. The normalized spacial score (nSPS) is 18.3. The smallest absolute Gasteiger partial charge is 0.247 e. The molecule has 3 heterocycles. The van der Waals surface area contributed by atoms with Crippen molar-refractivity contribution in [1.29, 1.82) is 0 Å². The Labute approximate surface area is 285 Å². The SMILES string of the molecule is CC(C)(CCl)C(=O)N1CCCC1C(=O)Nc1ccc(-c2cnc(-c3ccc(NC(=O)C4CCCN4C(=O)C(C)(C)CCl)cc3)o2)cc1. The third-order valence-electron chi connectivity index (χ3n) is 8.80. The maximum Gasteiger partial charge on any atom is 0.247 e. The molecule has 250 valence electrons. The van der Waals surface area contributed by atoms with Crippen LogP contribution in [0.4, 0.5) is 11.4 Å². The number of aromatic nitrogens is 1. The van der Waals surface area contributed by atoms with E-state index >= 15 is 0 Å². The van der Waals surface area contributed by atoms with Crippen LogP contribution in [0.5, 0.6) is 0 Å². The third kappa shape index (κ3) is 7.49. The lowest BCUT2D eigenvalue weighted by Gasteiger charge is -2.31. The van der Waals surface area contributed by atoms with Gasteiger partial charge in [-0.15, -0.1) is 23.2 Å². The Hall–Kier alpha value is -3.89. The fraction of sp³-hybridized carbons (Fsp3) is 0.457. The molecule has 0 saturated carbocycles. The number of likely N-dealkylation sites (tertiary alicyclic amines) is 2. The average molecular weight is 683 g/mol. The van der Waals surface area contributed by atoms with Crippen LogP contribution in [0.3, 0.4) is 0 Å². The van der Waals surface area contributed by atoms with Crippen molar-refractivity contribution in [2.45, 2.75) is 65.5 Å². The molecule has 5 rings (SSSR count). The van der Waals surface area contributed by atoms with Gasteiger partial charge in [-0.25, -0.2) is 4.98 Å². The highest BCUT2D eigenvalue weighted by molar-refractivity contribution is 6.20. The molecule has 1 aromatic heterocycles. The number of anilines is 2. The van der Waals surface area contributed by atoms with Gasteiger partial charge in [-0.3, -0.25) is 19.2 Å². The summed E-state index contributed by atoms with van der Waals surface area (Å²) < 4.78 is 6.03. The Morgan fingerprint density at radius 3 is 1.60 bits per heavy atom. The van der Waals surface area contributed by atoms with Crippen molar-refractivity contribution in [3.8, 4) is 22.8 Å². The number of alkyl halides is 2. The molecule has 0 bridgehead atoms. The van der Waals surface area contributed by atoms with Crippen molar-refractivity contribution >= 4 is 58.2 Å². The van der Waals surface area contributed by atoms with Crippen LogP contribution in [0.15, 0.2) is 59.1 Å². The van der Waals surface area contributed by atoms with Gasteiger partial charge in [0.15, 0.2) is 5.76 Å². The summed E-state index contributed by atoms with van der Waals surface area (Å²) in [5, 5.41) is 5.86. The van der Waals surface area contributed by atoms with Gasteiger partial charge in [0.1, 0.15) is 12.1 Å². The topological polar surface area (TPSA) is 125 Å². The van der Waals surface area contributed by atoms with E-state index in [9.17, 15) is 19.2 Å². The molecule has 0 radical (unpaired) electrons. The van der Waals surface area contributed by atoms with Crippen LogP contribution in [-0.2, 0) is 19.2 Å². The Kier molecular flexibility index (Phi) is 10.3. The highest BCUT2D eigenvalue weighted by atomic mass is 35.5. The van der Waals surface area contributed by atoms with Gasteiger partial charge in [0.25, 0.3) is 0 Å². The van der Waals surface area contributed by atoms with E-state index in [1.54, 1.807) is 68.0 Å². The van der Waals surface area contributed by atoms with Crippen LogP contribution in [0.1, 0.15) is 53.4 Å². The Morgan fingerprint density at radius 2 is 1.17 bits per heavy atom. The summed E-state index contributed by atoms with van der Waals surface area (Å²) in [4.78, 5) is 59.8. The number of carbonyl (C=O) groups excluding carboxylic acids is 4. The van der Waals surface area contributed by atoms with Crippen LogP contribution in [0, 0.1) is 10.8 Å². The zero-order valence-electron chi connectivity index (χ0n) is 27.1. The quantitative estimate of drug-likeness (QED) is 0.239. The standard InChI is InChI=1S/C35H41Cl2N5O5/c1-34(2,20-36)32(45)41-17-5-7-26(41)29(43)39-24-13-9-22(10-14-24)28-19-38-31(47-28)23-11-15-25(16-12-23)40-30(44)27-8-6-18-42(27)33(46)35(3,4)21-37/h9-16,19,26-27H,5-8,17-18,20-21H2,1-4H3,(H,39,43)(H,40,44). The van der Waals surface area contributed by atoms with Crippen LogP contribution < -0.4 is 10.6 Å². The molecule has 0 spiro atoms. The molecule has 4 amide bonds. The first kappa shape index (κ1) is 34.4. The third-order valence-corrected chi connectivity index (χ3v) is 10.1. The second-order valence-corrected chi connectivity index (χ2v) is 14.0. The minimum absolute atomic E-state index is 0.114. The van der Waals surface area contributed by atoms with Gasteiger partial charge in [0.2, 0.25) is 29.5 Å². The molecule has 2 aromatic carbocycles. The fourth-order valence-electron chi connectivity index (χ4n) is 5.86. The summed E-state index contributed by atoms with van der Waals surface area (Å²) in [5.41, 5.74) is 1.25. The number of halogens is 2. The lowest BCUT2D eigenvalue weighted by Crippen LogP contribution is -2.48. The average Bonchev–Trinajstić information content (AvgIpc) is 3.86. The van der Waals surface area contributed by atoms with Gasteiger partial charge in [-0.05, 0) is 102 Å². The maximum absolute atomic E-state index is 13.1. The molecule has 2 atom stereocenters. The van der Waals surface area contributed by atoms with E-state index in [1.807, 2.05) is 24.3 Å². The monoisotopic (exact) mass is 681 g/mol. The number of benzene rings is 2. The Morgan fingerprint density at radius 1 is 0.745 bits per heavy atom. The van der Waals surface area contributed by atoms with Gasteiger partial charge in [-0.2, -0.15) is 0 Å². The summed E-state index contributed by atoms with van der Waals surface area (Å²) >= 11 is 12.0. The van der Waals surface area contributed by atoms with Gasteiger partial charge in [0, 0.05) is 47.4 Å². The van der Waals surface area contributed by atoms with Crippen molar-refractivity contribution in [1.82, 2.24) is 14.8 Å². The molecular weight excluding hydrogens is 641 g/mol. The van der Waals surface area contributed by atoms with Gasteiger partial charge >= 0.3 is 0 Å². The highest BCUT2D eigenvalue weighted by Crippen LogP contribution is 2.31. The van der Waals surface area contributed by atoms with Crippen molar-refractivity contribution in [2.24, 2.45) is 10.8 Å². The van der Waals surface area contributed by atoms with Crippen molar-refractivity contribution < 1.29 is 23.6 Å². The molecule has 10 nitrogen and oxygen atoms in total. The summed E-state index contributed by atoms with van der Waals surface area (Å²) in [6, 6.07) is 13.3. The molecule has 2 N–H and O–H groups in total. The summed E-state index contributed by atoms with van der Waals surface area (Å²) in [5.74, 6) is 0.657. The molecule has 2 aliphatic rings. The Balaban J connectivity index is 1.18. The van der Waals surface area contributed by atoms with Crippen LogP contribution in [-0.4, -0.2) is 75.3 Å². The van der Waals surface area contributed by atoms with Crippen molar-refractivity contribution in [2.75, 3.05) is 35.5 Å². The number of rotatable bonds is 10. The van der Waals surface area contributed by atoms with Gasteiger partial charge in [0.05, 0.1) is 17.0 Å².